The Kier molecular flexibility index (Phi) is 10.9. The van der Waals surface area contributed by atoms with Gasteiger partial charge < -0.3 is 33.7 Å². The van der Waals surface area contributed by atoms with E-state index in [1.807, 2.05) is 50.2 Å². The zero-order valence-electron chi connectivity index (χ0n) is 24.9. The Morgan fingerprint density at radius 3 is 1.84 bits per heavy atom. The molecule has 1 amide bonds. The molecule has 12 heteroatoms. The highest BCUT2D eigenvalue weighted by Gasteiger charge is 2.19. The lowest BCUT2D eigenvalue weighted by atomic mass is 10.0. The molecule has 0 aliphatic heterocycles. The first-order valence-corrected chi connectivity index (χ1v) is 14.4. The standard InChI is InChI=1S/C31H34N4O7S/c1-7-41-26-15-19(9-12-24(26)39-5)29-30(20-10-13-25(40-6)27(16-20)42-8-2)34-35-31(33-29)43-18-28(36)32-22-17-21(37-3)11-14-23(22)38-4/h9-17H,7-8,18H2,1-6H3,(H,32,36). The predicted octanol–water partition coefficient (Wildman–Crippen LogP) is 5.77. The van der Waals surface area contributed by atoms with Crippen molar-refractivity contribution < 1.29 is 33.2 Å². The summed E-state index contributed by atoms with van der Waals surface area (Å²) in [6.45, 7) is 4.72. The Labute approximate surface area is 254 Å². The molecule has 0 aliphatic carbocycles. The summed E-state index contributed by atoms with van der Waals surface area (Å²) in [5.74, 6) is 3.20. The number of anilines is 1. The van der Waals surface area contributed by atoms with Gasteiger partial charge in [0.05, 0.1) is 53.1 Å². The average Bonchev–Trinajstić information content (AvgIpc) is 3.04. The summed E-state index contributed by atoms with van der Waals surface area (Å²) >= 11 is 1.15. The number of ether oxygens (including phenoxy) is 6. The monoisotopic (exact) mass is 606 g/mol. The summed E-state index contributed by atoms with van der Waals surface area (Å²) in [5.41, 5.74) is 3.02. The smallest absolute Gasteiger partial charge is 0.234 e. The number of thioether (sulfide) groups is 1. The number of carbonyl (C=O) groups excluding carboxylic acids is 1. The van der Waals surface area contributed by atoms with Crippen LogP contribution < -0.4 is 33.7 Å². The maximum absolute atomic E-state index is 12.9. The van der Waals surface area contributed by atoms with Crippen LogP contribution in [0.2, 0.25) is 0 Å². The molecule has 0 bridgehead atoms. The SMILES string of the molecule is CCOc1cc(-c2nnc(SCC(=O)Nc3cc(OC)ccc3OC)nc2-c2ccc(OC)c(OCC)c2)ccc1OC. The van der Waals surface area contributed by atoms with E-state index in [0.717, 1.165) is 22.9 Å². The number of aromatic nitrogens is 3. The van der Waals surface area contributed by atoms with Crippen LogP contribution in [0.15, 0.2) is 59.8 Å². The number of hydrogen-bond donors (Lipinski definition) is 1. The molecule has 0 atom stereocenters. The molecule has 0 aliphatic rings. The zero-order valence-corrected chi connectivity index (χ0v) is 25.7. The van der Waals surface area contributed by atoms with Crippen LogP contribution >= 0.6 is 11.8 Å². The number of hydrogen-bond acceptors (Lipinski definition) is 11. The van der Waals surface area contributed by atoms with E-state index in [0.29, 0.717) is 69.9 Å². The second-order valence-electron chi connectivity index (χ2n) is 8.79. The van der Waals surface area contributed by atoms with Crippen LogP contribution in [0.1, 0.15) is 13.8 Å². The van der Waals surface area contributed by atoms with Crippen molar-refractivity contribution in [3.63, 3.8) is 0 Å². The van der Waals surface area contributed by atoms with Crippen molar-refractivity contribution in [1.29, 1.82) is 0 Å². The van der Waals surface area contributed by atoms with Crippen LogP contribution in [0.3, 0.4) is 0 Å². The molecule has 0 fully saturated rings. The zero-order chi connectivity index (χ0) is 30.8. The normalized spacial score (nSPS) is 10.6. The predicted molar refractivity (Wildman–Crippen MR) is 165 cm³/mol. The summed E-state index contributed by atoms with van der Waals surface area (Å²) in [6.07, 6.45) is 0. The minimum Gasteiger partial charge on any atom is -0.497 e. The number of nitrogens with one attached hydrogen (secondary N) is 1. The lowest BCUT2D eigenvalue weighted by molar-refractivity contribution is -0.113. The fraction of sp³-hybridized carbons (Fsp3) is 0.290. The number of carbonyl (C=O) groups is 1. The molecule has 43 heavy (non-hydrogen) atoms. The molecule has 1 heterocycles. The summed E-state index contributed by atoms with van der Waals surface area (Å²) in [5, 5.41) is 12.1. The van der Waals surface area contributed by atoms with E-state index >= 15 is 0 Å². The van der Waals surface area contributed by atoms with Gasteiger partial charge in [-0.15, -0.1) is 10.2 Å². The van der Waals surface area contributed by atoms with E-state index < -0.39 is 0 Å². The molecule has 0 saturated carbocycles. The molecule has 0 radical (unpaired) electrons. The van der Waals surface area contributed by atoms with Crippen molar-refractivity contribution in [2.24, 2.45) is 0 Å². The molecule has 4 rings (SSSR count). The number of methoxy groups -OCH3 is 4. The van der Waals surface area contributed by atoms with Gasteiger partial charge in [-0.2, -0.15) is 0 Å². The highest BCUT2D eigenvalue weighted by atomic mass is 32.2. The van der Waals surface area contributed by atoms with Crippen molar-refractivity contribution in [2.75, 3.05) is 52.7 Å². The summed E-state index contributed by atoms with van der Waals surface area (Å²) in [6, 6.07) is 16.2. The van der Waals surface area contributed by atoms with Crippen LogP contribution in [0.4, 0.5) is 5.69 Å². The van der Waals surface area contributed by atoms with Gasteiger partial charge in [0, 0.05) is 17.2 Å². The Balaban J connectivity index is 1.69. The van der Waals surface area contributed by atoms with E-state index in [2.05, 4.69) is 15.5 Å². The molecule has 1 aromatic heterocycles. The minimum absolute atomic E-state index is 0.0324. The minimum atomic E-state index is -0.273. The third-order valence-corrected chi connectivity index (χ3v) is 6.99. The van der Waals surface area contributed by atoms with Gasteiger partial charge in [-0.3, -0.25) is 4.79 Å². The van der Waals surface area contributed by atoms with E-state index in [-0.39, 0.29) is 11.7 Å². The lowest BCUT2D eigenvalue weighted by Crippen LogP contribution is -2.15. The van der Waals surface area contributed by atoms with Crippen molar-refractivity contribution in [2.45, 2.75) is 19.0 Å². The lowest BCUT2D eigenvalue weighted by Gasteiger charge is -2.15. The van der Waals surface area contributed by atoms with Crippen molar-refractivity contribution in [3.8, 4) is 57.0 Å². The third kappa shape index (κ3) is 7.58. The Bertz CT molecular complexity index is 1570. The first-order chi connectivity index (χ1) is 20.9. The molecule has 3 aromatic carbocycles. The third-order valence-electron chi connectivity index (χ3n) is 6.15. The molecular formula is C31H34N4O7S. The maximum atomic E-state index is 12.9. The van der Waals surface area contributed by atoms with Gasteiger partial charge >= 0.3 is 0 Å². The largest absolute Gasteiger partial charge is 0.497 e. The van der Waals surface area contributed by atoms with E-state index in [1.165, 1.54) is 7.11 Å². The number of nitrogens with zero attached hydrogens (tertiary/aromatic N) is 3. The number of amides is 1. The van der Waals surface area contributed by atoms with Crippen molar-refractivity contribution >= 4 is 23.4 Å². The summed E-state index contributed by atoms with van der Waals surface area (Å²) in [7, 11) is 6.26. The highest BCUT2D eigenvalue weighted by Crippen LogP contribution is 2.38. The molecule has 0 spiro atoms. The van der Waals surface area contributed by atoms with Crippen LogP contribution in [-0.4, -0.2) is 68.5 Å². The first kappa shape index (κ1) is 31.2. The van der Waals surface area contributed by atoms with Gasteiger partial charge in [0.25, 0.3) is 0 Å². The topological polar surface area (TPSA) is 123 Å². The molecule has 4 aromatic rings. The van der Waals surface area contributed by atoms with Gasteiger partial charge in [-0.1, -0.05) is 11.8 Å². The molecular weight excluding hydrogens is 572 g/mol. The van der Waals surface area contributed by atoms with Crippen LogP contribution in [0, 0.1) is 0 Å². The van der Waals surface area contributed by atoms with E-state index in [4.69, 9.17) is 33.4 Å². The molecule has 0 unspecified atom stereocenters. The van der Waals surface area contributed by atoms with Crippen LogP contribution in [-0.2, 0) is 4.79 Å². The Morgan fingerprint density at radius 1 is 0.698 bits per heavy atom. The second-order valence-corrected chi connectivity index (χ2v) is 9.73. The fourth-order valence-electron chi connectivity index (χ4n) is 4.18. The van der Waals surface area contributed by atoms with E-state index in [1.54, 1.807) is 39.5 Å². The van der Waals surface area contributed by atoms with Crippen LogP contribution in [0.25, 0.3) is 22.5 Å². The van der Waals surface area contributed by atoms with Gasteiger partial charge in [0.15, 0.2) is 23.0 Å². The average molecular weight is 607 g/mol. The van der Waals surface area contributed by atoms with Gasteiger partial charge in [0.2, 0.25) is 11.1 Å². The first-order valence-electron chi connectivity index (χ1n) is 13.5. The number of benzene rings is 3. The summed E-state index contributed by atoms with van der Waals surface area (Å²) in [4.78, 5) is 17.7. The molecule has 226 valence electrons. The van der Waals surface area contributed by atoms with Gasteiger partial charge in [-0.05, 0) is 62.4 Å². The summed E-state index contributed by atoms with van der Waals surface area (Å²) < 4.78 is 33.2. The second kappa shape index (κ2) is 15.0. The van der Waals surface area contributed by atoms with Crippen LogP contribution in [0.5, 0.6) is 34.5 Å². The van der Waals surface area contributed by atoms with E-state index in [9.17, 15) is 4.79 Å². The Hall–Kier alpha value is -4.71. The maximum Gasteiger partial charge on any atom is 0.234 e. The molecule has 0 saturated heterocycles. The van der Waals surface area contributed by atoms with Gasteiger partial charge in [0.1, 0.15) is 22.9 Å². The highest BCUT2D eigenvalue weighted by molar-refractivity contribution is 7.99. The molecule has 11 nitrogen and oxygen atoms in total. The van der Waals surface area contributed by atoms with Crippen molar-refractivity contribution in [3.05, 3.63) is 54.6 Å². The quantitative estimate of drug-likeness (QED) is 0.176. The van der Waals surface area contributed by atoms with Gasteiger partial charge in [-0.25, -0.2) is 4.98 Å². The molecule has 1 N–H and O–H groups in total. The fourth-order valence-corrected chi connectivity index (χ4v) is 4.77. The van der Waals surface area contributed by atoms with Crippen molar-refractivity contribution in [1.82, 2.24) is 15.2 Å². The Morgan fingerprint density at radius 2 is 1.28 bits per heavy atom. The number of rotatable bonds is 14.